The van der Waals surface area contributed by atoms with E-state index >= 15 is 0 Å². The Hall–Kier alpha value is -3.02. The van der Waals surface area contributed by atoms with Crippen molar-refractivity contribution in [3.05, 3.63) is 53.6 Å². The Labute approximate surface area is 152 Å². The quantitative estimate of drug-likeness (QED) is 0.589. The van der Waals surface area contributed by atoms with Crippen LogP contribution >= 0.6 is 0 Å². The first-order valence-corrected chi connectivity index (χ1v) is 8.42. The number of ether oxygens (including phenoxy) is 3. The Bertz CT molecular complexity index is 800. The lowest BCUT2D eigenvalue weighted by molar-refractivity contribution is -0.132. The van der Waals surface area contributed by atoms with Gasteiger partial charge in [0.25, 0.3) is 0 Å². The van der Waals surface area contributed by atoms with Gasteiger partial charge in [0.05, 0.1) is 0 Å². The second-order valence-electron chi connectivity index (χ2n) is 6.12. The maximum absolute atomic E-state index is 12.0. The van der Waals surface area contributed by atoms with E-state index in [4.69, 9.17) is 14.2 Å². The highest BCUT2D eigenvalue weighted by Gasteiger charge is 2.15. The summed E-state index contributed by atoms with van der Waals surface area (Å²) in [6.07, 6.45) is 0.713. The van der Waals surface area contributed by atoms with Gasteiger partial charge in [0.15, 0.2) is 11.5 Å². The highest BCUT2D eigenvalue weighted by molar-refractivity contribution is 5.73. The van der Waals surface area contributed by atoms with Crippen LogP contribution in [0.5, 0.6) is 17.2 Å². The van der Waals surface area contributed by atoms with Crippen LogP contribution in [0.3, 0.4) is 0 Å². The molecule has 136 valence electrons. The zero-order valence-electron chi connectivity index (χ0n) is 14.9. The molecule has 0 radical (unpaired) electrons. The minimum Gasteiger partial charge on any atom is -0.454 e. The summed E-state index contributed by atoms with van der Waals surface area (Å²) in [4.78, 5) is 24.7. The minimum absolute atomic E-state index is 0.0131. The zero-order chi connectivity index (χ0) is 18.5. The van der Waals surface area contributed by atoms with Crippen LogP contribution in [0.1, 0.15) is 25.0 Å². The highest BCUT2D eigenvalue weighted by Crippen LogP contribution is 2.32. The van der Waals surface area contributed by atoms with Crippen molar-refractivity contribution in [2.24, 2.45) is 0 Å². The summed E-state index contributed by atoms with van der Waals surface area (Å²) >= 11 is 0. The lowest BCUT2D eigenvalue weighted by Gasteiger charge is -2.21. The highest BCUT2D eigenvalue weighted by atomic mass is 16.7. The summed E-state index contributed by atoms with van der Waals surface area (Å²) in [7, 11) is 0. The molecule has 0 aliphatic carbocycles. The number of benzene rings is 2. The fourth-order valence-electron chi connectivity index (χ4n) is 2.76. The molecule has 0 fully saturated rings. The van der Waals surface area contributed by atoms with E-state index in [0.29, 0.717) is 31.0 Å². The van der Waals surface area contributed by atoms with Crippen molar-refractivity contribution in [3.8, 4) is 17.2 Å². The fourth-order valence-corrected chi connectivity index (χ4v) is 2.76. The largest absolute Gasteiger partial charge is 0.454 e. The summed E-state index contributed by atoms with van der Waals surface area (Å²) in [5, 5.41) is 0. The molecule has 0 saturated carbocycles. The fraction of sp³-hybridized carbons (Fsp3) is 0.300. The van der Waals surface area contributed by atoms with Crippen molar-refractivity contribution in [1.82, 2.24) is 4.90 Å². The third-order valence-electron chi connectivity index (χ3n) is 4.11. The zero-order valence-corrected chi connectivity index (χ0v) is 14.9. The molecule has 1 amide bonds. The molecule has 0 unspecified atom stereocenters. The maximum atomic E-state index is 12.0. The predicted molar refractivity (Wildman–Crippen MR) is 95.1 cm³/mol. The summed E-state index contributed by atoms with van der Waals surface area (Å²) in [6, 6.07) is 13.0. The Morgan fingerprint density at radius 2 is 1.69 bits per heavy atom. The first kappa shape index (κ1) is 17.8. The van der Waals surface area contributed by atoms with Gasteiger partial charge in [-0.25, -0.2) is 0 Å². The molecule has 0 bridgehead atoms. The lowest BCUT2D eigenvalue weighted by Crippen LogP contribution is -2.30. The SMILES string of the molecule is CC(=O)Oc1ccc(CCN(Cc2ccc3c(c2)OCO3)C(C)=O)cc1. The third-order valence-corrected chi connectivity index (χ3v) is 4.11. The van der Waals surface area contributed by atoms with E-state index in [1.54, 1.807) is 24.0 Å². The van der Waals surface area contributed by atoms with Crippen molar-refractivity contribution in [2.45, 2.75) is 26.8 Å². The third kappa shape index (κ3) is 4.53. The first-order chi connectivity index (χ1) is 12.5. The van der Waals surface area contributed by atoms with Crippen molar-refractivity contribution in [3.63, 3.8) is 0 Å². The van der Waals surface area contributed by atoms with Crippen molar-refractivity contribution in [2.75, 3.05) is 13.3 Å². The number of hydrogen-bond acceptors (Lipinski definition) is 5. The number of esters is 1. The van der Waals surface area contributed by atoms with Gasteiger partial charge in [-0.3, -0.25) is 9.59 Å². The van der Waals surface area contributed by atoms with Crippen molar-refractivity contribution in [1.29, 1.82) is 0 Å². The van der Waals surface area contributed by atoms with Gasteiger partial charge in [-0.1, -0.05) is 18.2 Å². The van der Waals surface area contributed by atoms with Gasteiger partial charge in [0.2, 0.25) is 12.7 Å². The van der Waals surface area contributed by atoms with Crippen molar-refractivity contribution < 1.29 is 23.8 Å². The van der Waals surface area contributed by atoms with Crippen LogP contribution in [0.2, 0.25) is 0 Å². The molecule has 1 aliphatic rings. The smallest absolute Gasteiger partial charge is 0.308 e. The van der Waals surface area contributed by atoms with Gasteiger partial charge < -0.3 is 19.1 Å². The van der Waals surface area contributed by atoms with Crippen LogP contribution in [-0.4, -0.2) is 30.1 Å². The number of amides is 1. The van der Waals surface area contributed by atoms with E-state index in [0.717, 1.165) is 16.9 Å². The number of carbonyl (C=O) groups is 2. The molecule has 6 nitrogen and oxygen atoms in total. The summed E-state index contributed by atoms with van der Waals surface area (Å²) < 4.78 is 15.7. The summed E-state index contributed by atoms with van der Waals surface area (Å²) in [6.45, 7) is 4.28. The Morgan fingerprint density at radius 1 is 1.00 bits per heavy atom. The molecule has 3 rings (SSSR count). The van der Waals surface area contributed by atoms with Gasteiger partial charge in [-0.05, 0) is 41.8 Å². The van der Waals surface area contributed by atoms with Gasteiger partial charge in [-0.2, -0.15) is 0 Å². The number of nitrogens with zero attached hydrogens (tertiary/aromatic N) is 1. The van der Waals surface area contributed by atoms with E-state index < -0.39 is 0 Å². The normalized spacial score (nSPS) is 11.9. The van der Waals surface area contributed by atoms with Gasteiger partial charge in [0.1, 0.15) is 5.75 Å². The van der Waals surface area contributed by atoms with Crippen LogP contribution in [0.15, 0.2) is 42.5 Å². The molecule has 0 atom stereocenters. The van der Waals surface area contributed by atoms with Crippen molar-refractivity contribution >= 4 is 11.9 Å². The first-order valence-electron chi connectivity index (χ1n) is 8.42. The van der Waals surface area contributed by atoms with Gasteiger partial charge >= 0.3 is 5.97 Å². The average Bonchev–Trinajstić information content (AvgIpc) is 3.07. The number of carbonyl (C=O) groups excluding carboxylic acids is 2. The van der Waals surface area contributed by atoms with E-state index in [2.05, 4.69) is 0 Å². The van der Waals surface area contributed by atoms with Gasteiger partial charge in [0, 0.05) is 26.9 Å². The predicted octanol–water partition coefficient (Wildman–Crippen LogP) is 2.93. The molecule has 0 N–H and O–H groups in total. The molecule has 2 aromatic carbocycles. The summed E-state index contributed by atoms with van der Waals surface area (Å²) in [5.41, 5.74) is 2.06. The van der Waals surface area contributed by atoms with E-state index in [1.807, 2.05) is 30.3 Å². The average molecular weight is 355 g/mol. The maximum Gasteiger partial charge on any atom is 0.308 e. The number of fused-ring (bicyclic) bond motifs is 1. The molecule has 1 aliphatic heterocycles. The molecule has 0 aromatic heterocycles. The molecule has 1 heterocycles. The molecule has 0 saturated heterocycles. The Kier molecular flexibility index (Phi) is 5.41. The molecule has 0 spiro atoms. The Balaban J connectivity index is 1.60. The summed E-state index contributed by atoms with van der Waals surface area (Å²) in [5.74, 6) is 1.64. The van der Waals surface area contributed by atoms with E-state index in [1.165, 1.54) is 6.92 Å². The minimum atomic E-state index is -0.343. The second-order valence-corrected chi connectivity index (χ2v) is 6.12. The van der Waals surface area contributed by atoms with Crippen LogP contribution in [0.25, 0.3) is 0 Å². The molecular formula is C20H21NO5. The molecule has 26 heavy (non-hydrogen) atoms. The van der Waals surface area contributed by atoms with Crippen LogP contribution < -0.4 is 14.2 Å². The van der Waals surface area contributed by atoms with E-state index in [9.17, 15) is 9.59 Å². The Morgan fingerprint density at radius 3 is 2.38 bits per heavy atom. The van der Waals surface area contributed by atoms with Gasteiger partial charge in [-0.15, -0.1) is 0 Å². The van der Waals surface area contributed by atoms with Crippen LogP contribution in [0, 0.1) is 0 Å². The molecule has 6 heteroatoms. The van der Waals surface area contributed by atoms with Crippen LogP contribution in [0.4, 0.5) is 0 Å². The molecule has 2 aromatic rings. The van der Waals surface area contributed by atoms with Crippen LogP contribution in [-0.2, 0) is 22.6 Å². The number of hydrogen-bond donors (Lipinski definition) is 0. The number of rotatable bonds is 6. The van der Waals surface area contributed by atoms with E-state index in [-0.39, 0.29) is 18.7 Å². The standard InChI is InChI=1S/C20H21NO5/c1-14(22)21(12-17-5-8-19-20(11-17)25-13-24-19)10-9-16-3-6-18(7-4-16)26-15(2)23/h3-8,11H,9-10,12-13H2,1-2H3. The second kappa shape index (κ2) is 7.91. The molecular weight excluding hydrogens is 334 g/mol. The lowest BCUT2D eigenvalue weighted by atomic mass is 10.1. The monoisotopic (exact) mass is 355 g/mol. The topological polar surface area (TPSA) is 65.1 Å².